The quantitative estimate of drug-likeness (QED) is 0.761. The van der Waals surface area contributed by atoms with Crippen LogP contribution in [0.15, 0.2) is 12.1 Å². The van der Waals surface area contributed by atoms with Gasteiger partial charge in [0.25, 0.3) is 0 Å². The lowest BCUT2D eigenvalue weighted by atomic mass is 10.0. The molecule has 0 aromatic heterocycles. The van der Waals surface area contributed by atoms with Gasteiger partial charge in [0.2, 0.25) is 0 Å². The molecule has 73 valence electrons. The third-order valence-electron chi connectivity index (χ3n) is 1.86. The molecule has 0 aliphatic heterocycles. The van der Waals surface area contributed by atoms with Gasteiger partial charge < -0.3 is 10.2 Å². The first kappa shape index (κ1) is 10.2. The molecular formula is C10H9O4. The SMILES string of the molecule is CCc1[c]cc(C(=O)O)cc1C(=O)O. The molecule has 0 aliphatic carbocycles. The maximum absolute atomic E-state index is 10.7. The smallest absolute Gasteiger partial charge is 0.336 e. The highest BCUT2D eigenvalue weighted by molar-refractivity contribution is 5.94. The molecule has 0 spiro atoms. The largest absolute Gasteiger partial charge is 0.478 e. The van der Waals surface area contributed by atoms with E-state index in [1.54, 1.807) is 6.92 Å². The maximum Gasteiger partial charge on any atom is 0.336 e. The molecule has 0 saturated carbocycles. The number of rotatable bonds is 3. The Hall–Kier alpha value is -1.84. The Bertz CT molecular complexity index is 382. The minimum absolute atomic E-state index is 0.00685. The lowest BCUT2D eigenvalue weighted by molar-refractivity contribution is 0.0695. The summed E-state index contributed by atoms with van der Waals surface area (Å²) in [4.78, 5) is 21.3. The van der Waals surface area contributed by atoms with Gasteiger partial charge in [0, 0.05) is 0 Å². The Balaban J connectivity index is 3.27. The van der Waals surface area contributed by atoms with E-state index in [9.17, 15) is 9.59 Å². The standard InChI is InChI=1S/C10H9O4/c1-2-6-3-4-7(9(11)12)5-8(6)10(13)14/h4-5H,2H2,1H3,(H,11,12)(H,13,14). The average molecular weight is 193 g/mol. The highest BCUT2D eigenvalue weighted by atomic mass is 16.4. The van der Waals surface area contributed by atoms with Crippen molar-refractivity contribution < 1.29 is 19.8 Å². The second-order valence-electron chi connectivity index (χ2n) is 2.74. The Morgan fingerprint density at radius 3 is 2.43 bits per heavy atom. The molecule has 0 aliphatic rings. The van der Waals surface area contributed by atoms with E-state index in [4.69, 9.17) is 10.2 Å². The van der Waals surface area contributed by atoms with Gasteiger partial charge in [-0.05, 0) is 30.2 Å². The van der Waals surface area contributed by atoms with Crippen LogP contribution >= 0.6 is 0 Å². The van der Waals surface area contributed by atoms with E-state index in [1.165, 1.54) is 6.07 Å². The van der Waals surface area contributed by atoms with Gasteiger partial charge in [-0.3, -0.25) is 0 Å². The van der Waals surface area contributed by atoms with Crippen LogP contribution in [0.5, 0.6) is 0 Å². The van der Waals surface area contributed by atoms with Crippen molar-refractivity contribution in [2.24, 2.45) is 0 Å². The molecule has 0 bridgehead atoms. The molecule has 0 unspecified atom stereocenters. The summed E-state index contributed by atoms with van der Waals surface area (Å²) in [5.74, 6) is -2.27. The summed E-state index contributed by atoms with van der Waals surface area (Å²) in [5.41, 5.74) is 0.467. The van der Waals surface area contributed by atoms with Crippen molar-refractivity contribution in [3.63, 3.8) is 0 Å². The summed E-state index contributed by atoms with van der Waals surface area (Å²) < 4.78 is 0. The number of hydrogen-bond donors (Lipinski definition) is 2. The number of aryl methyl sites for hydroxylation is 1. The van der Waals surface area contributed by atoms with Crippen LogP contribution in [-0.4, -0.2) is 22.2 Å². The maximum atomic E-state index is 10.7. The van der Waals surface area contributed by atoms with Crippen molar-refractivity contribution in [2.45, 2.75) is 13.3 Å². The lowest BCUT2D eigenvalue weighted by Crippen LogP contribution is -2.05. The first-order valence-electron chi connectivity index (χ1n) is 4.07. The molecule has 1 radical (unpaired) electrons. The molecule has 1 aromatic rings. The third kappa shape index (κ3) is 1.90. The molecule has 4 nitrogen and oxygen atoms in total. The Labute approximate surface area is 80.8 Å². The van der Waals surface area contributed by atoms with Crippen LogP contribution in [0.1, 0.15) is 33.2 Å². The summed E-state index contributed by atoms with van der Waals surface area (Å²) in [7, 11) is 0. The molecule has 1 aromatic carbocycles. The van der Waals surface area contributed by atoms with Gasteiger partial charge in [-0.2, -0.15) is 0 Å². The van der Waals surface area contributed by atoms with Crippen molar-refractivity contribution >= 4 is 11.9 Å². The minimum atomic E-state index is -1.15. The van der Waals surface area contributed by atoms with Gasteiger partial charge in [0.1, 0.15) is 0 Å². The summed E-state index contributed by atoms with van der Waals surface area (Å²) in [5, 5.41) is 17.4. The van der Waals surface area contributed by atoms with Crippen LogP contribution in [0, 0.1) is 6.07 Å². The normalized spacial score (nSPS) is 9.79. The summed E-state index contributed by atoms with van der Waals surface area (Å²) >= 11 is 0. The molecule has 0 heterocycles. The number of carboxylic acid groups (broad SMARTS) is 2. The highest BCUT2D eigenvalue weighted by Crippen LogP contribution is 2.12. The van der Waals surface area contributed by atoms with E-state index < -0.39 is 11.9 Å². The second-order valence-corrected chi connectivity index (χ2v) is 2.74. The number of carbonyl (C=O) groups is 2. The number of carboxylic acids is 2. The minimum Gasteiger partial charge on any atom is -0.478 e. The third-order valence-corrected chi connectivity index (χ3v) is 1.86. The summed E-state index contributed by atoms with van der Waals surface area (Å²) in [6.07, 6.45) is 0.515. The highest BCUT2D eigenvalue weighted by Gasteiger charge is 2.12. The lowest BCUT2D eigenvalue weighted by Gasteiger charge is -2.03. The van der Waals surface area contributed by atoms with E-state index >= 15 is 0 Å². The zero-order valence-corrected chi connectivity index (χ0v) is 7.57. The Morgan fingerprint density at radius 1 is 1.36 bits per heavy atom. The van der Waals surface area contributed by atoms with Crippen LogP contribution in [0.4, 0.5) is 0 Å². The molecule has 4 heteroatoms. The molecule has 0 atom stereocenters. The first-order chi connectivity index (χ1) is 6.56. The zero-order chi connectivity index (χ0) is 10.7. The predicted molar refractivity (Wildman–Crippen MR) is 48.6 cm³/mol. The molecule has 0 amide bonds. The van der Waals surface area contributed by atoms with E-state index in [-0.39, 0.29) is 11.1 Å². The van der Waals surface area contributed by atoms with E-state index in [2.05, 4.69) is 6.07 Å². The number of aromatic carboxylic acids is 2. The van der Waals surface area contributed by atoms with Crippen LogP contribution in [-0.2, 0) is 6.42 Å². The first-order valence-corrected chi connectivity index (χ1v) is 4.07. The Kier molecular flexibility index (Phi) is 2.86. The van der Waals surface area contributed by atoms with Crippen LogP contribution in [0.3, 0.4) is 0 Å². The predicted octanol–water partition coefficient (Wildman–Crippen LogP) is 1.45. The van der Waals surface area contributed by atoms with Gasteiger partial charge in [-0.25, -0.2) is 9.59 Å². The van der Waals surface area contributed by atoms with E-state index in [0.29, 0.717) is 12.0 Å². The topological polar surface area (TPSA) is 74.6 Å². The van der Waals surface area contributed by atoms with E-state index in [1.807, 2.05) is 0 Å². The van der Waals surface area contributed by atoms with Gasteiger partial charge in [-0.1, -0.05) is 6.92 Å². The molecule has 14 heavy (non-hydrogen) atoms. The van der Waals surface area contributed by atoms with Crippen molar-refractivity contribution in [3.05, 3.63) is 34.9 Å². The number of hydrogen-bond acceptors (Lipinski definition) is 2. The molecule has 0 fully saturated rings. The molecule has 0 saturated heterocycles. The number of benzene rings is 1. The molecular weight excluding hydrogens is 184 g/mol. The van der Waals surface area contributed by atoms with Crippen molar-refractivity contribution in [2.75, 3.05) is 0 Å². The monoisotopic (exact) mass is 193 g/mol. The van der Waals surface area contributed by atoms with Crippen molar-refractivity contribution in [3.8, 4) is 0 Å². The van der Waals surface area contributed by atoms with Crippen LogP contribution in [0.25, 0.3) is 0 Å². The summed E-state index contributed by atoms with van der Waals surface area (Å²) in [6, 6.07) is 5.09. The van der Waals surface area contributed by atoms with Gasteiger partial charge in [0.15, 0.2) is 0 Å². The fourth-order valence-corrected chi connectivity index (χ4v) is 1.13. The zero-order valence-electron chi connectivity index (χ0n) is 7.57. The summed E-state index contributed by atoms with van der Waals surface area (Å²) in [6.45, 7) is 1.79. The fraction of sp³-hybridized carbons (Fsp3) is 0.200. The average Bonchev–Trinajstić information content (AvgIpc) is 2.16. The van der Waals surface area contributed by atoms with E-state index in [0.717, 1.165) is 6.07 Å². The van der Waals surface area contributed by atoms with Gasteiger partial charge >= 0.3 is 11.9 Å². The second kappa shape index (κ2) is 3.91. The van der Waals surface area contributed by atoms with Crippen molar-refractivity contribution in [1.29, 1.82) is 0 Å². The van der Waals surface area contributed by atoms with Gasteiger partial charge in [-0.15, -0.1) is 0 Å². The Morgan fingerprint density at radius 2 is 2.00 bits per heavy atom. The molecule has 2 N–H and O–H groups in total. The fourth-order valence-electron chi connectivity index (χ4n) is 1.13. The van der Waals surface area contributed by atoms with Crippen molar-refractivity contribution in [1.82, 2.24) is 0 Å². The van der Waals surface area contributed by atoms with Crippen LogP contribution in [0.2, 0.25) is 0 Å². The van der Waals surface area contributed by atoms with Crippen LogP contribution < -0.4 is 0 Å². The van der Waals surface area contributed by atoms with Gasteiger partial charge in [0.05, 0.1) is 11.1 Å². The molecule has 1 rings (SSSR count).